The SMILES string of the molecule is CCc1cc2c(cn1)C(c1ccncc1Cl)=N/C(=C(\C)N)C(=N)N2. The van der Waals surface area contributed by atoms with Crippen LogP contribution in [0.4, 0.5) is 5.69 Å². The van der Waals surface area contributed by atoms with E-state index in [1.54, 1.807) is 31.6 Å². The number of aliphatic imine (C=N–C) groups is 1. The van der Waals surface area contributed by atoms with Gasteiger partial charge in [0.25, 0.3) is 0 Å². The normalized spacial score (nSPS) is 16.0. The highest BCUT2D eigenvalue weighted by atomic mass is 35.5. The first-order chi connectivity index (χ1) is 11.5. The van der Waals surface area contributed by atoms with E-state index in [1.165, 1.54) is 0 Å². The van der Waals surface area contributed by atoms with Crippen LogP contribution in [0.1, 0.15) is 30.7 Å². The zero-order valence-electron chi connectivity index (χ0n) is 13.4. The van der Waals surface area contributed by atoms with Crippen molar-refractivity contribution in [1.82, 2.24) is 9.97 Å². The Morgan fingerprint density at radius 2 is 2.12 bits per heavy atom. The number of nitrogens with zero attached hydrogens (tertiary/aromatic N) is 3. The van der Waals surface area contributed by atoms with Gasteiger partial charge in [-0.05, 0) is 25.5 Å². The van der Waals surface area contributed by atoms with E-state index in [4.69, 9.17) is 22.7 Å². The van der Waals surface area contributed by atoms with E-state index in [0.29, 0.717) is 27.7 Å². The molecule has 1 aliphatic heterocycles. The molecule has 0 amide bonds. The van der Waals surface area contributed by atoms with E-state index < -0.39 is 0 Å². The highest BCUT2D eigenvalue weighted by molar-refractivity contribution is 6.36. The number of hydrogen-bond donors (Lipinski definition) is 3. The number of halogens is 1. The van der Waals surface area contributed by atoms with Crippen LogP contribution in [0.3, 0.4) is 0 Å². The Labute approximate surface area is 145 Å². The van der Waals surface area contributed by atoms with Gasteiger partial charge in [-0.25, -0.2) is 4.99 Å². The number of amidine groups is 1. The molecule has 3 heterocycles. The molecule has 0 atom stereocenters. The lowest BCUT2D eigenvalue weighted by Crippen LogP contribution is -2.15. The maximum atomic E-state index is 8.26. The first-order valence-electron chi connectivity index (χ1n) is 7.51. The third-order valence-electron chi connectivity index (χ3n) is 3.70. The van der Waals surface area contributed by atoms with Crippen molar-refractivity contribution in [2.45, 2.75) is 20.3 Å². The summed E-state index contributed by atoms with van der Waals surface area (Å²) in [4.78, 5) is 13.1. The summed E-state index contributed by atoms with van der Waals surface area (Å²) in [7, 11) is 0. The fraction of sp³-hybridized carbons (Fsp3) is 0.176. The van der Waals surface area contributed by atoms with Crippen LogP contribution in [-0.4, -0.2) is 21.5 Å². The van der Waals surface area contributed by atoms with Crippen molar-refractivity contribution >= 4 is 28.8 Å². The molecule has 0 aliphatic carbocycles. The molecular formula is C17H17ClN6. The average molecular weight is 341 g/mol. The van der Waals surface area contributed by atoms with E-state index in [0.717, 1.165) is 23.4 Å². The Kier molecular flexibility index (Phi) is 4.31. The smallest absolute Gasteiger partial charge is 0.150 e. The van der Waals surface area contributed by atoms with Crippen molar-refractivity contribution < 1.29 is 0 Å². The summed E-state index contributed by atoms with van der Waals surface area (Å²) in [6.45, 7) is 3.74. The first-order valence-corrected chi connectivity index (χ1v) is 7.89. The highest BCUT2D eigenvalue weighted by Gasteiger charge is 2.22. The molecule has 4 N–H and O–H groups in total. The Morgan fingerprint density at radius 1 is 1.33 bits per heavy atom. The summed E-state index contributed by atoms with van der Waals surface area (Å²) < 4.78 is 0. The van der Waals surface area contributed by atoms with E-state index >= 15 is 0 Å². The molecule has 1 aliphatic rings. The molecule has 2 aromatic rings. The number of aryl methyl sites for hydroxylation is 1. The van der Waals surface area contributed by atoms with E-state index in [-0.39, 0.29) is 5.84 Å². The van der Waals surface area contributed by atoms with Gasteiger partial charge in [-0.2, -0.15) is 0 Å². The summed E-state index contributed by atoms with van der Waals surface area (Å²) >= 11 is 6.31. The third-order valence-corrected chi connectivity index (χ3v) is 4.00. The van der Waals surface area contributed by atoms with E-state index in [2.05, 4.69) is 20.3 Å². The maximum absolute atomic E-state index is 8.26. The molecule has 24 heavy (non-hydrogen) atoms. The van der Waals surface area contributed by atoms with Gasteiger partial charge in [0.2, 0.25) is 0 Å². The summed E-state index contributed by atoms with van der Waals surface area (Å²) in [5, 5.41) is 11.8. The lowest BCUT2D eigenvalue weighted by Gasteiger charge is -2.11. The van der Waals surface area contributed by atoms with Crippen molar-refractivity contribution in [2.75, 3.05) is 5.32 Å². The zero-order valence-corrected chi connectivity index (χ0v) is 14.1. The third kappa shape index (κ3) is 2.88. The zero-order chi connectivity index (χ0) is 17.3. The molecule has 0 unspecified atom stereocenters. The fourth-order valence-electron chi connectivity index (χ4n) is 2.46. The average Bonchev–Trinajstić information content (AvgIpc) is 2.70. The van der Waals surface area contributed by atoms with Crippen molar-refractivity contribution in [3.8, 4) is 0 Å². The van der Waals surface area contributed by atoms with E-state index in [1.807, 2.05) is 13.0 Å². The first kappa shape index (κ1) is 16.1. The second kappa shape index (κ2) is 6.41. The minimum absolute atomic E-state index is 0.143. The van der Waals surface area contributed by atoms with Crippen LogP contribution in [-0.2, 0) is 6.42 Å². The van der Waals surface area contributed by atoms with Crippen LogP contribution >= 0.6 is 11.6 Å². The monoisotopic (exact) mass is 340 g/mol. The summed E-state index contributed by atoms with van der Waals surface area (Å²) in [5.41, 5.74) is 10.5. The predicted octanol–water partition coefficient (Wildman–Crippen LogP) is 3.12. The molecule has 0 saturated carbocycles. The van der Waals surface area contributed by atoms with Gasteiger partial charge in [0.1, 0.15) is 5.70 Å². The number of nitrogens with one attached hydrogen (secondary N) is 2. The van der Waals surface area contributed by atoms with Crippen LogP contribution in [0.15, 0.2) is 47.1 Å². The quantitative estimate of drug-likeness (QED) is 0.781. The lowest BCUT2D eigenvalue weighted by atomic mass is 10.0. The van der Waals surface area contributed by atoms with Gasteiger partial charge < -0.3 is 11.1 Å². The van der Waals surface area contributed by atoms with Gasteiger partial charge in [0, 0.05) is 41.1 Å². The second-order valence-corrected chi connectivity index (χ2v) is 5.83. The molecule has 0 saturated heterocycles. The minimum Gasteiger partial charge on any atom is -0.400 e. The Hall–Kier alpha value is -2.73. The molecule has 0 aromatic carbocycles. The number of nitrogens with two attached hydrogens (primary N) is 1. The molecule has 7 heteroatoms. The van der Waals surface area contributed by atoms with E-state index in [9.17, 15) is 0 Å². The van der Waals surface area contributed by atoms with Crippen LogP contribution in [0.25, 0.3) is 0 Å². The summed E-state index contributed by atoms with van der Waals surface area (Å²) in [5.74, 6) is 0.143. The number of hydrogen-bond acceptors (Lipinski definition) is 5. The molecular weight excluding hydrogens is 324 g/mol. The van der Waals surface area contributed by atoms with Crippen molar-refractivity contribution in [3.05, 3.63) is 64.0 Å². The van der Waals surface area contributed by atoms with Crippen LogP contribution in [0.5, 0.6) is 0 Å². The van der Waals surface area contributed by atoms with Gasteiger partial charge >= 0.3 is 0 Å². The molecule has 0 bridgehead atoms. The molecule has 2 aromatic heterocycles. The molecule has 0 fully saturated rings. The van der Waals surface area contributed by atoms with Gasteiger partial charge in [0.15, 0.2) is 5.84 Å². The predicted molar refractivity (Wildman–Crippen MR) is 96.7 cm³/mol. The summed E-state index contributed by atoms with van der Waals surface area (Å²) in [6.07, 6.45) is 5.76. The Bertz CT molecular complexity index is 880. The van der Waals surface area contributed by atoms with Crippen LogP contribution < -0.4 is 11.1 Å². The molecule has 0 spiro atoms. The highest BCUT2D eigenvalue weighted by Crippen LogP contribution is 2.28. The number of rotatable bonds is 2. The molecule has 122 valence electrons. The second-order valence-electron chi connectivity index (χ2n) is 5.42. The number of pyridine rings is 2. The van der Waals surface area contributed by atoms with Gasteiger partial charge in [-0.3, -0.25) is 15.4 Å². The molecule has 6 nitrogen and oxygen atoms in total. The molecule has 3 rings (SSSR count). The maximum Gasteiger partial charge on any atom is 0.150 e. The molecule has 0 radical (unpaired) electrons. The number of anilines is 1. The largest absolute Gasteiger partial charge is 0.400 e. The van der Waals surface area contributed by atoms with Crippen molar-refractivity contribution in [2.24, 2.45) is 10.7 Å². The van der Waals surface area contributed by atoms with Crippen LogP contribution in [0, 0.1) is 5.41 Å². The Balaban J connectivity index is 2.30. The van der Waals surface area contributed by atoms with Gasteiger partial charge in [-0.1, -0.05) is 18.5 Å². The van der Waals surface area contributed by atoms with Gasteiger partial charge in [0.05, 0.1) is 16.4 Å². The minimum atomic E-state index is 0.143. The lowest BCUT2D eigenvalue weighted by molar-refractivity contribution is 1.03. The standard InChI is InChI=1S/C17H17ClN6/c1-3-10-6-14-12(7-22-10)16(11-4-5-21-8-13(11)18)24-15(9(2)19)17(20)23-14/h4-8H,3,19H2,1-2H3,(H2,20,23)/b15-9+. The summed E-state index contributed by atoms with van der Waals surface area (Å²) in [6, 6.07) is 3.71. The van der Waals surface area contributed by atoms with Crippen molar-refractivity contribution in [1.29, 1.82) is 5.41 Å². The van der Waals surface area contributed by atoms with Gasteiger partial charge in [-0.15, -0.1) is 0 Å². The van der Waals surface area contributed by atoms with Crippen molar-refractivity contribution in [3.63, 3.8) is 0 Å². The number of aromatic nitrogens is 2. The fourth-order valence-corrected chi connectivity index (χ4v) is 2.67. The number of fused-ring (bicyclic) bond motifs is 1. The van der Waals surface area contributed by atoms with Crippen LogP contribution in [0.2, 0.25) is 5.02 Å². The number of allylic oxidation sites excluding steroid dienone is 1. The topological polar surface area (TPSA) is 100 Å². The Morgan fingerprint density at radius 3 is 2.79 bits per heavy atom.